The highest BCUT2D eigenvalue weighted by atomic mass is 32.2. The molecule has 5 rings (SSSR count). The van der Waals surface area contributed by atoms with E-state index in [2.05, 4.69) is 92.3 Å². The summed E-state index contributed by atoms with van der Waals surface area (Å²) in [4.78, 5) is 44.9. The van der Waals surface area contributed by atoms with Gasteiger partial charge in [-0.15, -0.1) is 5.06 Å². The first-order chi connectivity index (χ1) is 25.5. The molecule has 54 heavy (non-hydrogen) atoms. The molecule has 12 heteroatoms. The number of amides is 2. The Morgan fingerprint density at radius 3 is 2.30 bits per heavy atom. The van der Waals surface area contributed by atoms with E-state index in [1.807, 2.05) is 31.4 Å². The van der Waals surface area contributed by atoms with Crippen molar-refractivity contribution in [2.24, 2.45) is 0 Å². The molecule has 3 aliphatic heterocycles. The van der Waals surface area contributed by atoms with Crippen molar-refractivity contribution >= 4 is 45.0 Å². The Morgan fingerprint density at radius 2 is 1.63 bits per heavy atom. The zero-order chi connectivity index (χ0) is 39.4. The van der Waals surface area contributed by atoms with Gasteiger partial charge < -0.3 is 14.6 Å². The van der Waals surface area contributed by atoms with Gasteiger partial charge >= 0.3 is 5.97 Å². The Kier molecular flexibility index (Phi) is 12.3. The van der Waals surface area contributed by atoms with Gasteiger partial charge in [-0.1, -0.05) is 57.2 Å². The van der Waals surface area contributed by atoms with Crippen LogP contribution < -0.4 is 4.90 Å². The monoisotopic (exact) mass is 757 g/mol. The minimum atomic E-state index is -4.30. The third kappa shape index (κ3) is 8.51. The predicted molar refractivity (Wildman–Crippen MR) is 210 cm³/mol. The molecule has 2 aromatic carbocycles. The fourth-order valence-electron chi connectivity index (χ4n) is 7.62. The van der Waals surface area contributed by atoms with Crippen LogP contribution in [0.25, 0.3) is 0 Å². The molecule has 11 nitrogen and oxygen atoms in total. The van der Waals surface area contributed by atoms with Gasteiger partial charge in [0.1, 0.15) is 6.54 Å². The van der Waals surface area contributed by atoms with E-state index in [1.54, 1.807) is 12.1 Å². The second-order valence-electron chi connectivity index (χ2n) is 15.1. The van der Waals surface area contributed by atoms with Crippen molar-refractivity contribution in [3.63, 3.8) is 0 Å². The topological polar surface area (TPSA) is 128 Å². The number of anilines is 1. The number of hydrogen-bond donors (Lipinski definition) is 1. The van der Waals surface area contributed by atoms with Gasteiger partial charge in [0.15, 0.2) is 5.71 Å². The molecule has 0 radical (unpaired) electrons. The summed E-state index contributed by atoms with van der Waals surface area (Å²) in [5.74, 6) is -1.52. The van der Waals surface area contributed by atoms with E-state index in [0.717, 1.165) is 36.5 Å². The number of nitrogens with zero attached hydrogens (tertiary/aromatic N) is 4. The first-order valence-corrected chi connectivity index (χ1v) is 20.1. The van der Waals surface area contributed by atoms with Gasteiger partial charge in [-0.2, -0.15) is 13.0 Å². The van der Waals surface area contributed by atoms with E-state index < -0.39 is 33.3 Å². The predicted octanol–water partition coefficient (Wildman–Crippen LogP) is 6.91. The van der Waals surface area contributed by atoms with Crippen molar-refractivity contribution in [3.8, 4) is 0 Å². The number of hydrogen-bond acceptors (Lipinski definition) is 8. The molecular weight excluding hydrogens is 705 g/mol. The molecule has 0 aromatic heterocycles. The molecule has 1 fully saturated rings. The lowest BCUT2D eigenvalue weighted by molar-refractivity contribution is -0.433. The first kappa shape index (κ1) is 40.5. The van der Waals surface area contributed by atoms with Crippen molar-refractivity contribution in [1.29, 1.82) is 0 Å². The highest BCUT2D eigenvalue weighted by Gasteiger charge is 2.44. The van der Waals surface area contributed by atoms with Gasteiger partial charge in [-0.3, -0.25) is 14.1 Å². The molecule has 0 saturated carbocycles. The number of hydroxylamine groups is 2. The quantitative estimate of drug-likeness (QED) is 0.0893. The van der Waals surface area contributed by atoms with Crippen LogP contribution in [0.3, 0.4) is 0 Å². The number of carbonyl (C=O) groups excluding carboxylic acids is 3. The lowest BCUT2D eigenvalue weighted by Gasteiger charge is -2.26. The standard InChI is InChI=1S/C42H52N4O7S/c1-8-25-45-35-22-20-31(54(50,51)52)28-33(35)42(5,6)37(45)17-14-12-10-11-13-16-36-41(3,4)32-27-30(19-21-34(32)44(36)9-2)29-43(7)26-15-18-40(49)53-46-38(47)23-24-39(46)48/h10-14,16-17,19-22,27-28H,8-9,15,18,23-26,29H2,1-7H3/p+1. The second kappa shape index (κ2) is 16.4. The molecule has 0 spiro atoms. The molecule has 3 heterocycles. The summed E-state index contributed by atoms with van der Waals surface area (Å²) in [5.41, 5.74) is 7.05. The van der Waals surface area contributed by atoms with Gasteiger partial charge in [-0.05, 0) is 88.7 Å². The van der Waals surface area contributed by atoms with Crippen molar-refractivity contribution in [3.05, 3.63) is 101 Å². The smallest absolute Gasteiger partial charge is 0.333 e. The van der Waals surface area contributed by atoms with E-state index in [9.17, 15) is 27.4 Å². The number of fused-ring (bicyclic) bond motifs is 2. The zero-order valence-electron chi connectivity index (χ0n) is 32.5. The number of benzene rings is 2. The van der Waals surface area contributed by atoms with E-state index in [4.69, 9.17) is 4.84 Å². The molecule has 0 unspecified atom stereocenters. The number of allylic oxidation sites excluding steroid dienone is 8. The maximum absolute atomic E-state index is 12.2. The molecule has 1 saturated heterocycles. The summed E-state index contributed by atoms with van der Waals surface area (Å²) in [6.45, 7) is 15.9. The molecule has 2 aromatic rings. The van der Waals surface area contributed by atoms with Crippen LogP contribution in [0.5, 0.6) is 0 Å². The first-order valence-electron chi connectivity index (χ1n) is 18.7. The molecule has 0 bridgehead atoms. The Bertz CT molecular complexity index is 2060. The number of rotatable bonds is 15. The van der Waals surface area contributed by atoms with Crippen molar-refractivity contribution in [2.75, 3.05) is 31.6 Å². The van der Waals surface area contributed by atoms with E-state index in [0.29, 0.717) is 24.6 Å². The summed E-state index contributed by atoms with van der Waals surface area (Å²) in [7, 11) is -2.30. The van der Waals surface area contributed by atoms with Gasteiger partial charge in [0, 0.05) is 66.9 Å². The summed E-state index contributed by atoms with van der Waals surface area (Å²) < 4.78 is 35.7. The van der Waals surface area contributed by atoms with Crippen molar-refractivity contribution in [1.82, 2.24) is 9.96 Å². The maximum Gasteiger partial charge on any atom is 0.333 e. The van der Waals surface area contributed by atoms with Crippen LogP contribution in [0.15, 0.2) is 89.5 Å². The molecule has 288 valence electrons. The summed E-state index contributed by atoms with van der Waals surface area (Å²) >= 11 is 0. The minimum Gasteiger partial charge on any atom is -0.344 e. The van der Waals surface area contributed by atoms with Crippen LogP contribution >= 0.6 is 0 Å². The summed E-state index contributed by atoms with van der Waals surface area (Å²) in [5, 5.41) is 0.596. The lowest BCUT2D eigenvalue weighted by atomic mass is 9.80. The normalized spacial score (nSPS) is 18.8. The fraction of sp³-hybridized carbons (Fsp3) is 0.429. The Morgan fingerprint density at radius 1 is 0.944 bits per heavy atom. The summed E-state index contributed by atoms with van der Waals surface area (Å²) in [6, 6.07) is 11.4. The van der Waals surface area contributed by atoms with Crippen molar-refractivity contribution in [2.45, 2.75) is 95.9 Å². The lowest BCUT2D eigenvalue weighted by Crippen LogP contribution is -2.32. The van der Waals surface area contributed by atoms with Gasteiger partial charge in [0.25, 0.3) is 21.9 Å². The average Bonchev–Trinajstić information content (AvgIpc) is 3.62. The van der Waals surface area contributed by atoms with Gasteiger partial charge in [-0.25, -0.2) is 4.79 Å². The number of imide groups is 1. The van der Waals surface area contributed by atoms with E-state index in [1.165, 1.54) is 28.6 Å². The van der Waals surface area contributed by atoms with E-state index >= 15 is 0 Å². The van der Waals surface area contributed by atoms with Gasteiger partial charge in [0.2, 0.25) is 5.69 Å². The maximum atomic E-state index is 12.2. The molecule has 0 aliphatic carbocycles. The van der Waals surface area contributed by atoms with Crippen molar-refractivity contribution < 1.29 is 36.8 Å². The molecule has 1 N–H and O–H groups in total. The van der Waals surface area contributed by atoms with Crippen LogP contribution in [0.4, 0.5) is 11.4 Å². The zero-order valence-corrected chi connectivity index (χ0v) is 33.3. The molecule has 3 aliphatic rings. The van der Waals surface area contributed by atoms with Crippen LogP contribution in [0, 0.1) is 0 Å². The number of carbonyl (C=O) groups is 3. The van der Waals surface area contributed by atoms with Gasteiger partial charge in [0.05, 0.1) is 10.3 Å². The Balaban J connectivity index is 1.20. The summed E-state index contributed by atoms with van der Waals surface area (Å²) in [6.07, 6.45) is 16.0. The third-order valence-corrected chi connectivity index (χ3v) is 11.3. The third-order valence-electron chi connectivity index (χ3n) is 10.4. The van der Waals surface area contributed by atoms with E-state index in [-0.39, 0.29) is 29.6 Å². The fourth-order valence-corrected chi connectivity index (χ4v) is 8.12. The molecule has 2 amide bonds. The minimum absolute atomic E-state index is 0.0791. The highest BCUT2D eigenvalue weighted by Crippen LogP contribution is 2.48. The SMILES string of the molecule is CCCN1/C(=C/C=C/C=C/C=C/C2=[N+](CC)c3ccc(CN(C)CCCC(=O)ON4C(=O)CCC4=O)cc3C2(C)C)C(C)(C)c2cc(S(=O)(=O)O)ccc21. The molecular formula is C42H53N4O7S+. The molecule has 0 atom stereocenters. The van der Waals surface area contributed by atoms with Crippen LogP contribution in [-0.2, 0) is 46.7 Å². The van der Waals surface area contributed by atoms with Crippen LogP contribution in [0.1, 0.15) is 90.3 Å². The second-order valence-corrected chi connectivity index (χ2v) is 16.5. The van der Waals surface area contributed by atoms with Crippen LogP contribution in [0.2, 0.25) is 0 Å². The average molecular weight is 758 g/mol. The Labute approximate surface area is 319 Å². The highest BCUT2D eigenvalue weighted by molar-refractivity contribution is 7.85. The van der Waals surface area contributed by atoms with Crippen LogP contribution in [-0.4, -0.2) is 77.7 Å². The largest absolute Gasteiger partial charge is 0.344 e. The Hall–Kier alpha value is -4.65.